The highest BCUT2D eigenvalue weighted by Gasteiger charge is 2.21. The summed E-state index contributed by atoms with van der Waals surface area (Å²) in [4.78, 5) is 0. The summed E-state index contributed by atoms with van der Waals surface area (Å²) in [6, 6.07) is 3.51. The Kier molecular flexibility index (Phi) is 3.55. The summed E-state index contributed by atoms with van der Waals surface area (Å²) in [6.45, 7) is 1.64. The molecule has 0 amide bonds. The molecule has 0 saturated heterocycles. The van der Waals surface area contributed by atoms with Gasteiger partial charge in [0.05, 0.1) is 6.10 Å². The van der Waals surface area contributed by atoms with Crippen molar-refractivity contribution in [3.8, 4) is 0 Å². The Hall–Kier alpha value is -1.00. The zero-order valence-electron chi connectivity index (χ0n) is 7.74. The predicted octanol–water partition coefficient (Wildman–Crippen LogP) is 1.77. The highest BCUT2D eigenvalue weighted by molar-refractivity contribution is 5.22. The topological polar surface area (TPSA) is 40.5 Å². The SMILES string of the molecule is CCC(O)C(O)c1cccc(F)c1F. The van der Waals surface area contributed by atoms with Gasteiger partial charge in [0.2, 0.25) is 0 Å². The van der Waals surface area contributed by atoms with Gasteiger partial charge in [-0.3, -0.25) is 0 Å². The van der Waals surface area contributed by atoms with Gasteiger partial charge >= 0.3 is 0 Å². The van der Waals surface area contributed by atoms with Crippen LogP contribution in [0.5, 0.6) is 0 Å². The number of aliphatic hydroxyl groups excluding tert-OH is 2. The first kappa shape index (κ1) is 11.1. The molecular formula is C10H12F2O2. The third-order valence-electron chi connectivity index (χ3n) is 2.08. The third kappa shape index (κ3) is 2.08. The van der Waals surface area contributed by atoms with Crippen LogP contribution in [0.3, 0.4) is 0 Å². The molecule has 78 valence electrons. The van der Waals surface area contributed by atoms with Crippen LogP contribution < -0.4 is 0 Å². The van der Waals surface area contributed by atoms with E-state index in [-0.39, 0.29) is 12.0 Å². The first-order valence-corrected chi connectivity index (χ1v) is 4.38. The first-order valence-electron chi connectivity index (χ1n) is 4.38. The molecular weight excluding hydrogens is 190 g/mol. The Bertz CT molecular complexity index is 315. The van der Waals surface area contributed by atoms with E-state index in [4.69, 9.17) is 0 Å². The second-order valence-corrected chi connectivity index (χ2v) is 3.06. The van der Waals surface area contributed by atoms with E-state index in [1.807, 2.05) is 0 Å². The minimum absolute atomic E-state index is 0.209. The Morgan fingerprint density at radius 3 is 2.50 bits per heavy atom. The van der Waals surface area contributed by atoms with Crippen molar-refractivity contribution in [1.82, 2.24) is 0 Å². The van der Waals surface area contributed by atoms with Crippen LogP contribution in [0, 0.1) is 11.6 Å². The van der Waals surface area contributed by atoms with Crippen molar-refractivity contribution in [3.63, 3.8) is 0 Å². The molecule has 0 aliphatic carbocycles. The van der Waals surface area contributed by atoms with Crippen LogP contribution in [0.25, 0.3) is 0 Å². The molecule has 0 bridgehead atoms. The zero-order chi connectivity index (χ0) is 10.7. The van der Waals surface area contributed by atoms with Crippen LogP contribution in [-0.2, 0) is 0 Å². The molecule has 1 aromatic rings. The average Bonchev–Trinajstić information content (AvgIpc) is 2.20. The lowest BCUT2D eigenvalue weighted by Crippen LogP contribution is -2.18. The number of aliphatic hydroxyl groups is 2. The van der Waals surface area contributed by atoms with E-state index in [2.05, 4.69) is 0 Å². The van der Waals surface area contributed by atoms with E-state index in [1.54, 1.807) is 6.92 Å². The highest BCUT2D eigenvalue weighted by Crippen LogP contribution is 2.23. The Morgan fingerprint density at radius 2 is 1.93 bits per heavy atom. The minimum atomic E-state index is -1.38. The second kappa shape index (κ2) is 4.48. The summed E-state index contributed by atoms with van der Waals surface area (Å²) in [6.07, 6.45) is -2.18. The van der Waals surface area contributed by atoms with Crippen molar-refractivity contribution in [2.45, 2.75) is 25.6 Å². The van der Waals surface area contributed by atoms with Gasteiger partial charge in [0.25, 0.3) is 0 Å². The summed E-state index contributed by atoms with van der Waals surface area (Å²) in [7, 11) is 0. The van der Waals surface area contributed by atoms with E-state index >= 15 is 0 Å². The minimum Gasteiger partial charge on any atom is -0.390 e. The van der Waals surface area contributed by atoms with Gasteiger partial charge in [0.15, 0.2) is 11.6 Å². The van der Waals surface area contributed by atoms with Gasteiger partial charge in [-0.2, -0.15) is 0 Å². The van der Waals surface area contributed by atoms with E-state index < -0.39 is 23.8 Å². The van der Waals surface area contributed by atoms with Gasteiger partial charge in [-0.05, 0) is 12.5 Å². The second-order valence-electron chi connectivity index (χ2n) is 3.06. The lowest BCUT2D eigenvalue weighted by molar-refractivity contribution is 0.0140. The molecule has 2 nitrogen and oxygen atoms in total. The lowest BCUT2D eigenvalue weighted by Gasteiger charge is -2.16. The van der Waals surface area contributed by atoms with Gasteiger partial charge in [-0.15, -0.1) is 0 Å². The van der Waals surface area contributed by atoms with Gasteiger partial charge in [0, 0.05) is 5.56 Å². The molecule has 1 aromatic carbocycles. The molecule has 2 unspecified atom stereocenters. The number of hydrogen-bond acceptors (Lipinski definition) is 2. The molecule has 0 saturated carbocycles. The summed E-state index contributed by atoms with van der Waals surface area (Å²) < 4.78 is 25.8. The predicted molar refractivity (Wildman–Crippen MR) is 47.6 cm³/mol. The lowest BCUT2D eigenvalue weighted by atomic mass is 10.0. The Balaban J connectivity index is 3.01. The van der Waals surface area contributed by atoms with Crippen molar-refractivity contribution in [2.75, 3.05) is 0 Å². The van der Waals surface area contributed by atoms with E-state index in [1.165, 1.54) is 12.1 Å². The van der Waals surface area contributed by atoms with Gasteiger partial charge in [-0.25, -0.2) is 8.78 Å². The fourth-order valence-corrected chi connectivity index (χ4v) is 1.18. The molecule has 14 heavy (non-hydrogen) atoms. The van der Waals surface area contributed by atoms with Crippen LogP contribution in [0.4, 0.5) is 8.78 Å². The van der Waals surface area contributed by atoms with Crippen molar-refractivity contribution in [1.29, 1.82) is 0 Å². The maximum Gasteiger partial charge on any atom is 0.164 e. The van der Waals surface area contributed by atoms with E-state index in [0.717, 1.165) is 6.07 Å². The molecule has 0 aromatic heterocycles. The molecule has 2 N–H and O–H groups in total. The fourth-order valence-electron chi connectivity index (χ4n) is 1.18. The average molecular weight is 202 g/mol. The van der Waals surface area contributed by atoms with Crippen LogP contribution in [-0.4, -0.2) is 16.3 Å². The maximum absolute atomic E-state index is 13.1. The maximum atomic E-state index is 13.1. The quantitative estimate of drug-likeness (QED) is 0.784. The van der Waals surface area contributed by atoms with Crippen LogP contribution in [0.1, 0.15) is 25.0 Å². The molecule has 0 aliphatic heterocycles. The first-order chi connectivity index (χ1) is 6.57. The number of rotatable bonds is 3. The van der Waals surface area contributed by atoms with Crippen LogP contribution in [0.2, 0.25) is 0 Å². The summed E-state index contributed by atoms with van der Waals surface area (Å²) in [5.41, 5.74) is -0.209. The van der Waals surface area contributed by atoms with Crippen molar-refractivity contribution >= 4 is 0 Å². The normalized spacial score (nSPS) is 15.2. The van der Waals surface area contributed by atoms with E-state index in [0.29, 0.717) is 0 Å². The van der Waals surface area contributed by atoms with Gasteiger partial charge < -0.3 is 10.2 Å². The van der Waals surface area contributed by atoms with Crippen LogP contribution >= 0.6 is 0 Å². The zero-order valence-corrected chi connectivity index (χ0v) is 7.74. The smallest absolute Gasteiger partial charge is 0.164 e. The molecule has 0 aliphatic rings. The number of benzene rings is 1. The molecule has 1 rings (SSSR count). The summed E-state index contributed by atoms with van der Waals surface area (Å²) in [5, 5.41) is 18.7. The molecule has 2 atom stereocenters. The standard InChI is InChI=1S/C10H12F2O2/c1-2-8(13)10(14)6-4-3-5-7(11)9(6)12/h3-5,8,10,13-14H,2H2,1H3. The van der Waals surface area contributed by atoms with Crippen LogP contribution in [0.15, 0.2) is 18.2 Å². The molecule has 0 fully saturated rings. The van der Waals surface area contributed by atoms with Crippen molar-refractivity contribution < 1.29 is 19.0 Å². The monoisotopic (exact) mass is 202 g/mol. The number of halogens is 2. The Labute approximate surface area is 80.8 Å². The van der Waals surface area contributed by atoms with E-state index in [9.17, 15) is 19.0 Å². The summed E-state index contributed by atoms with van der Waals surface area (Å²) >= 11 is 0. The highest BCUT2D eigenvalue weighted by atomic mass is 19.2. The molecule has 0 spiro atoms. The molecule has 4 heteroatoms. The molecule has 0 radical (unpaired) electrons. The summed E-state index contributed by atoms with van der Waals surface area (Å²) in [5.74, 6) is -2.13. The number of hydrogen-bond donors (Lipinski definition) is 2. The Morgan fingerprint density at radius 1 is 1.29 bits per heavy atom. The van der Waals surface area contributed by atoms with Gasteiger partial charge in [0.1, 0.15) is 6.10 Å². The third-order valence-corrected chi connectivity index (χ3v) is 2.08. The largest absolute Gasteiger partial charge is 0.390 e. The molecule has 0 heterocycles. The van der Waals surface area contributed by atoms with Crippen molar-refractivity contribution in [2.24, 2.45) is 0 Å². The van der Waals surface area contributed by atoms with Gasteiger partial charge in [-0.1, -0.05) is 19.1 Å². The van der Waals surface area contributed by atoms with Crippen molar-refractivity contribution in [3.05, 3.63) is 35.4 Å². The fraction of sp³-hybridized carbons (Fsp3) is 0.400.